The second kappa shape index (κ2) is 29.5. The molecule has 0 aliphatic heterocycles. The largest absolute Gasteiger partial charge is 0.446 e. The van der Waals surface area contributed by atoms with Crippen molar-refractivity contribution in [3.8, 4) is 43.9 Å². The number of nitrogens with zero attached hydrogens (tertiary/aromatic N) is 12. The van der Waals surface area contributed by atoms with E-state index in [0.717, 1.165) is 147 Å². The van der Waals surface area contributed by atoms with Gasteiger partial charge in [-0.15, -0.1) is 30.6 Å². The molecule has 4 atom stereocenters. The molecule has 8 aromatic rings. The monoisotopic (exact) mass is 1270 g/mol. The lowest BCUT2D eigenvalue weighted by molar-refractivity contribution is -0.156. The predicted octanol–water partition coefficient (Wildman–Crippen LogP) is 12.0. The Bertz CT molecular complexity index is 3490. The highest BCUT2D eigenvalue weighted by atomic mass is 32.1. The Labute approximate surface area is 529 Å². The molecule has 0 unspecified atom stereocenters. The van der Waals surface area contributed by atoms with Gasteiger partial charge in [0.2, 0.25) is 30.0 Å². The number of aldehydes is 1. The third-order valence-electron chi connectivity index (χ3n) is 17.0. The number of alkyl halides is 3. The molecule has 0 saturated heterocycles. The quantitative estimate of drug-likeness (QED) is 0.0443. The van der Waals surface area contributed by atoms with Crippen molar-refractivity contribution in [3.05, 3.63) is 71.2 Å². The van der Waals surface area contributed by atoms with Crippen LogP contribution in [0.4, 0.5) is 36.4 Å². The van der Waals surface area contributed by atoms with Gasteiger partial charge < -0.3 is 37.6 Å². The van der Waals surface area contributed by atoms with Crippen molar-refractivity contribution >= 4 is 75.1 Å². The molecule has 4 saturated carbocycles. The maximum Gasteiger partial charge on any atom is 0.446 e. The Morgan fingerprint density at radius 3 is 1.42 bits per heavy atom. The number of nitrogens with two attached hydrogens (primary N) is 1. The normalized spacial score (nSPS) is 22.0. The highest BCUT2D eigenvalue weighted by Crippen LogP contribution is 2.42. The van der Waals surface area contributed by atoms with Crippen molar-refractivity contribution in [2.45, 2.75) is 212 Å². The second-order valence-electron chi connectivity index (χ2n) is 24.9. The maximum absolute atomic E-state index is 11.4. The lowest BCUT2D eigenvalue weighted by atomic mass is 9.86. The van der Waals surface area contributed by atoms with Crippen LogP contribution in [0.25, 0.3) is 55.0 Å². The zero-order chi connectivity index (χ0) is 63.6. The van der Waals surface area contributed by atoms with Crippen molar-refractivity contribution in [1.82, 2.24) is 70.2 Å². The third-order valence-corrected chi connectivity index (χ3v) is 19.3. The number of halogens is 3. The van der Waals surface area contributed by atoms with Crippen molar-refractivity contribution in [3.63, 3.8) is 0 Å². The minimum absolute atomic E-state index is 0.0414. The minimum atomic E-state index is -4.64. The number of anilines is 4. The summed E-state index contributed by atoms with van der Waals surface area (Å²) in [7, 11) is 0. The summed E-state index contributed by atoms with van der Waals surface area (Å²) in [6.45, 7) is 14.0. The molecule has 0 spiro atoms. The summed E-state index contributed by atoms with van der Waals surface area (Å²) < 4.78 is 35.1. The van der Waals surface area contributed by atoms with E-state index in [9.17, 15) is 22.8 Å². The fourth-order valence-corrected chi connectivity index (χ4v) is 14.6. The van der Waals surface area contributed by atoms with Crippen molar-refractivity contribution < 1.29 is 27.6 Å². The number of carbonyl (C=O) groups excluding carboxylic acids is 3. The van der Waals surface area contributed by atoms with E-state index in [-0.39, 0.29) is 48.1 Å². The molecule has 12 rings (SSSR count). The number of amides is 2. The molecular weight excluding hydrogens is 1190 g/mol. The zero-order valence-corrected chi connectivity index (χ0v) is 53.7. The van der Waals surface area contributed by atoms with Crippen LogP contribution < -0.4 is 37.6 Å². The van der Waals surface area contributed by atoms with Crippen LogP contribution in [0.15, 0.2) is 61.2 Å². The van der Waals surface area contributed by atoms with Gasteiger partial charge >= 0.3 is 6.18 Å². The van der Waals surface area contributed by atoms with Gasteiger partial charge in [-0.1, -0.05) is 55.3 Å². The van der Waals surface area contributed by atoms with E-state index in [4.69, 9.17) is 30.7 Å². The summed E-state index contributed by atoms with van der Waals surface area (Å²) in [6.07, 6.45) is 19.0. The summed E-state index contributed by atoms with van der Waals surface area (Å²) in [5, 5.41) is 52.3. The van der Waals surface area contributed by atoms with Gasteiger partial charge in [0, 0.05) is 91.7 Å². The molecule has 0 bridgehead atoms. The summed E-state index contributed by atoms with van der Waals surface area (Å²) in [5.74, 6) is 2.68. The molecule has 4 aliphatic carbocycles. The summed E-state index contributed by atoms with van der Waals surface area (Å²) >= 11 is 3.29. The van der Waals surface area contributed by atoms with Gasteiger partial charge in [0.25, 0.3) is 0 Å². The lowest BCUT2D eigenvalue weighted by Gasteiger charge is -2.29. The first-order chi connectivity index (χ1) is 43.2. The van der Waals surface area contributed by atoms with E-state index < -0.39 is 12.5 Å². The van der Waals surface area contributed by atoms with Crippen LogP contribution in [-0.2, 0) is 14.4 Å². The molecule has 22 nitrogen and oxygen atoms in total. The Morgan fingerprint density at radius 2 is 1.01 bits per heavy atom. The number of carbonyl (C=O) groups is 3. The number of fused-ring (bicyclic) bond motifs is 2. The average molecular weight is 1270 g/mol. The number of hydrogen-bond acceptors (Lipinski definition) is 20. The number of pyridine rings is 2. The molecule has 0 radical (unpaired) electrons. The second-order valence-corrected chi connectivity index (χ2v) is 26.9. The third kappa shape index (κ3) is 16.8. The molecule has 2 amide bonds. The van der Waals surface area contributed by atoms with E-state index in [1.165, 1.54) is 32.1 Å². The molecule has 4 aliphatic rings. The van der Waals surface area contributed by atoms with Crippen LogP contribution in [0.5, 0.6) is 0 Å². The van der Waals surface area contributed by atoms with Gasteiger partial charge in [0.1, 0.15) is 10.0 Å². The molecule has 4 fully saturated rings. The van der Waals surface area contributed by atoms with Crippen LogP contribution in [0.1, 0.15) is 173 Å². The zero-order valence-electron chi connectivity index (χ0n) is 52.1. The Morgan fingerprint density at radius 1 is 0.589 bits per heavy atom. The molecule has 8 aromatic heterocycles. The Kier molecular flexibility index (Phi) is 21.3. The highest BCUT2D eigenvalue weighted by molar-refractivity contribution is 7.15. The van der Waals surface area contributed by atoms with Gasteiger partial charge in [-0.3, -0.25) is 24.4 Å². The summed E-state index contributed by atoms with van der Waals surface area (Å²) in [4.78, 5) is 50.5. The van der Waals surface area contributed by atoms with Crippen LogP contribution in [0.2, 0.25) is 0 Å². The smallest absolute Gasteiger partial charge is 0.382 e. The SMILES string of the molecule is CC(=O)NC1CCC(c2nnc(-c3cnc(-c4ccc5cnc(N[C@@H]6CCCC[C@@H]6C)nn45)cc3NC(C)C)s2)CC1.CC(=O)NC1CCC(c2nnc(-c3cnc(-c4ccc5cnc(N[C@@H]6CCCC[C@@H]6N)nn45)cc3NC(C)C)s2)CC1.O=CC(F)(F)F. The maximum atomic E-state index is 11.4. The van der Waals surface area contributed by atoms with Gasteiger partial charge in [0.15, 0.2) is 10.0 Å². The van der Waals surface area contributed by atoms with E-state index in [1.54, 1.807) is 36.5 Å². The fourth-order valence-electron chi connectivity index (χ4n) is 12.5. The van der Waals surface area contributed by atoms with Gasteiger partial charge in [0.05, 0.1) is 57.3 Å². The Balaban J connectivity index is 0.000000182. The molecule has 8 N–H and O–H groups in total. The number of rotatable bonds is 16. The van der Waals surface area contributed by atoms with Crippen LogP contribution in [-0.4, -0.2) is 126 Å². The topological polar surface area (TPSA) is 287 Å². The average Bonchev–Trinajstić information content (AvgIpc) is 1.64. The van der Waals surface area contributed by atoms with E-state index in [1.807, 2.05) is 52.0 Å². The fraction of sp³-hybridized carbons (Fsp3) is 0.540. The molecule has 0 aromatic carbocycles. The lowest BCUT2D eigenvalue weighted by Crippen LogP contribution is -2.43. The standard InChI is InChI=1S/C31H41N9OS.C30H40N10OS.C2HF3O/c1-18(2)34-26-15-27(28-14-13-23-16-33-31(39-40(23)28)36-25-8-6-5-7-19(25)3)32-17-24(26)30-38-37-29(42-30)21-9-11-22(12-10-21)35-20(4)41;1-17(2)34-25-14-26(27-13-12-21-15-33-30(39-40(21)27)36-24-7-5-4-6-23(24)31)32-16-22(25)29-38-37-28(42-29)19-8-10-20(11-9-19)35-18(3)41;3-2(4,5)1-6/h13-19,21-22,25H,5-12H2,1-4H3,(H,32,34)(H,35,41)(H,36,39);12-17,19-20,23-24H,4-11,31H2,1-3H3,(H,32,34)(H,35,41)(H,36,39);1H/t19-,21?,22?,25+;19?,20?,23-,24+;/m00./s1. The summed E-state index contributed by atoms with van der Waals surface area (Å²) in [5.41, 5.74) is 15.5. The number of aromatic nitrogens is 12. The summed E-state index contributed by atoms with van der Waals surface area (Å²) in [6, 6.07) is 14.0. The number of nitrogens with one attached hydrogen (secondary N) is 6. The van der Waals surface area contributed by atoms with Gasteiger partial charge in [-0.05, 0) is 147 Å². The molecule has 8 heterocycles. The first kappa shape index (κ1) is 65.2. The Hall–Kier alpha value is -7.78. The van der Waals surface area contributed by atoms with Crippen molar-refractivity contribution in [2.24, 2.45) is 11.7 Å². The van der Waals surface area contributed by atoms with Crippen LogP contribution in [0, 0.1) is 5.92 Å². The van der Waals surface area contributed by atoms with Gasteiger partial charge in [-0.2, -0.15) is 13.2 Å². The van der Waals surface area contributed by atoms with Crippen molar-refractivity contribution in [1.29, 1.82) is 0 Å². The molecule has 27 heteroatoms. The van der Waals surface area contributed by atoms with E-state index in [2.05, 4.69) is 115 Å². The first-order valence-corrected chi connectivity index (χ1v) is 33.1. The molecule has 480 valence electrons. The van der Waals surface area contributed by atoms with Crippen LogP contribution in [0.3, 0.4) is 0 Å². The molecular formula is C63H82F3N19O3S2. The minimum Gasteiger partial charge on any atom is -0.382 e. The van der Waals surface area contributed by atoms with E-state index >= 15 is 0 Å². The van der Waals surface area contributed by atoms with E-state index in [0.29, 0.717) is 35.7 Å². The van der Waals surface area contributed by atoms with Gasteiger partial charge in [-0.25, -0.2) is 19.0 Å². The number of hydrogen-bond donors (Lipinski definition) is 7. The molecule has 90 heavy (non-hydrogen) atoms. The van der Waals surface area contributed by atoms with Crippen LogP contribution >= 0.6 is 22.7 Å². The first-order valence-electron chi connectivity index (χ1n) is 31.5. The predicted molar refractivity (Wildman–Crippen MR) is 346 cm³/mol. The highest BCUT2D eigenvalue weighted by Gasteiger charge is 2.30. The van der Waals surface area contributed by atoms with Crippen molar-refractivity contribution in [2.75, 3.05) is 21.3 Å².